The molecule has 0 saturated carbocycles. The molecule has 0 fully saturated rings. The molecule has 2 aromatic heterocycles. The summed E-state index contributed by atoms with van der Waals surface area (Å²) in [6.07, 6.45) is 8.19. The molecule has 4 atom stereocenters. The second-order valence-electron chi connectivity index (χ2n) is 13.9. The first kappa shape index (κ1) is 36.1. The average Bonchev–Trinajstić information content (AvgIpc) is 3.61. The third-order valence-electron chi connectivity index (χ3n) is 10.3. The minimum absolute atomic E-state index is 0.101. The van der Waals surface area contributed by atoms with Gasteiger partial charge in [-0.3, -0.25) is 9.80 Å². The number of nitrogens with one attached hydrogen (secondary N) is 2. The monoisotopic (exact) mass is 724 g/mol. The van der Waals surface area contributed by atoms with Gasteiger partial charge in [0, 0.05) is 27.2 Å². The highest BCUT2D eigenvalue weighted by Crippen LogP contribution is 2.37. The molecule has 6 aromatic rings. The molecule has 0 radical (unpaired) electrons. The second-order valence-corrected chi connectivity index (χ2v) is 13.9. The van der Waals surface area contributed by atoms with Crippen LogP contribution in [0.3, 0.4) is 0 Å². The predicted molar refractivity (Wildman–Crippen MR) is 209 cm³/mol. The molecule has 2 aliphatic rings. The summed E-state index contributed by atoms with van der Waals surface area (Å²) >= 11 is 0. The summed E-state index contributed by atoms with van der Waals surface area (Å²) in [5, 5.41) is 5.31. The number of aromatic nitrogens is 6. The van der Waals surface area contributed by atoms with Crippen molar-refractivity contribution in [3.63, 3.8) is 0 Å². The Bertz CT molecular complexity index is 2360. The Morgan fingerprint density at radius 2 is 0.815 bits per heavy atom. The third kappa shape index (κ3) is 7.08. The first-order valence-electron chi connectivity index (χ1n) is 17.9. The van der Waals surface area contributed by atoms with Crippen molar-refractivity contribution in [2.75, 3.05) is 14.1 Å². The molecule has 8 rings (SSSR count). The molecule has 2 N–H and O–H groups in total. The van der Waals surface area contributed by atoms with E-state index in [0.29, 0.717) is 0 Å². The Morgan fingerprint density at radius 3 is 1.15 bits per heavy atom. The van der Waals surface area contributed by atoms with Gasteiger partial charge in [-0.2, -0.15) is 0 Å². The first-order chi connectivity index (χ1) is 26.1. The van der Waals surface area contributed by atoms with Crippen LogP contribution in [-0.2, 0) is 27.2 Å². The number of H-pyrrole nitrogens is 2. The minimum atomic E-state index is -0.408. The van der Waals surface area contributed by atoms with E-state index < -0.39 is 11.4 Å². The number of aromatic amines is 2. The third-order valence-corrected chi connectivity index (χ3v) is 10.3. The largest absolute Gasteiger partial charge is 0.347 e. The van der Waals surface area contributed by atoms with Crippen LogP contribution in [0, 0.1) is 0 Å². The summed E-state index contributed by atoms with van der Waals surface area (Å²) in [7, 11) is 7.14. The van der Waals surface area contributed by atoms with Gasteiger partial charge in [0.1, 0.15) is 0 Å². The van der Waals surface area contributed by atoms with Crippen molar-refractivity contribution >= 4 is 0 Å². The van der Waals surface area contributed by atoms with Gasteiger partial charge in [0.05, 0.1) is 24.2 Å². The predicted octanol–water partition coefficient (Wildman–Crippen LogP) is 4.41. The maximum atomic E-state index is 12.4. The molecule has 0 saturated heterocycles. The molecule has 0 unspecified atom stereocenters. The zero-order valence-electron chi connectivity index (χ0n) is 30.7. The summed E-state index contributed by atoms with van der Waals surface area (Å²) in [5.41, 5.74) is 5.31. The lowest BCUT2D eigenvalue weighted by Crippen LogP contribution is -2.32. The van der Waals surface area contributed by atoms with Gasteiger partial charge in [-0.05, 0) is 47.5 Å². The fourth-order valence-corrected chi connectivity index (χ4v) is 7.42. The van der Waals surface area contributed by atoms with Crippen LogP contribution in [0.4, 0.5) is 0 Å². The number of hydrogen-bond acceptors (Lipinski definition) is 6. The van der Waals surface area contributed by atoms with E-state index in [0.717, 1.165) is 44.5 Å². The van der Waals surface area contributed by atoms with E-state index in [2.05, 4.69) is 82.6 Å². The summed E-state index contributed by atoms with van der Waals surface area (Å²) < 4.78 is 4.96. The van der Waals surface area contributed by atoms with Crippen LogP contribution in [0.1, 0.15) is 57.5 Å². The van der Waals surface area contributed by atoms with Crippen LogP contribution >= 0.6 is 0 Å². The standard InChI is InChI=1S/2C21H22N4O2/c2*1-23(14-15-8-4-3-5-9-15)18-12-13-19(17-11-7-6-10-16(17)18)25-21(27)24(2)20(26)22-25/h2*3-13,18-19H,14H2,1-2H3,(H,22,26)/t2*18-,19+/m10/s1. The highest BCUT2D eigenvalue weighted by Gasteiger charge is 2.29. The van der Waals surface area contributed by atoms with Crippen molar-refractivity contribution in [1.29, 1.82) is 0 Å². The van der Waals surface area contributed by atoms with Crippen LogP contribution < -0.4 is 22.8 Å². The maximum Gasteiger partial charge on any atom is 0.347 e. The van der Waals surface area contributed by atoms with Gasteiger partial charge in [0.15, 0.2) is 0 Å². The molecular weight excluding hydrogens is 681 g/mol. The number of rotatable bonds is 8. The smallest absolute Gasteiger partial charge is 0.292 e. The van der Waals surface area contributed by atoms with E-state index in [1.165, 1.54) is 34.6 Å². The fourth-order valence-electron chi connectivity index (χ4n) is 7.42. The number of hydrogen-bond donors (Lipinski definition) is 2. The quantitative estimate of drug-likeness (QED) is 0.224. The first-order valence-corrected chi connectivity index (χ1v) is 17.9. The van der Waals surface area contributed by atoms with Crippen LogP contribution in [0.25, 0.3) is 0 Å². The van der Waals surface area contributed by atoms with Gasteiger partial charge in [0.2, 0.25) is 0 Å². The molecule has 54 heavy (non-hydrogen) atoms. The summed E-state index contributed by atoms with van der Waals surface area (Å²) in [4.78, 5) is 53.1. The van der Waals surface area contributed by atoms with Gasteiger partial charge in [-0.1, -0.05) is 133 Å². The number of nitrogens with zero attached hydrogens (tertiary/aromatic N) is 6. The average molecular weight is 725 g/mol. The summed E-state index contributed by atoms with van der Waals surface area (Å²) in [6.45, 7) is 1.63. The molecule has 0 bridgehead atoms. The maximum absolute atomic E-state index is 12.4. The van der Waals surface area contributed by atoms with Gasteiger partial charge in [-0.15, -0.1) is 0 Å². The van der Waals surface area contributed by atoms with Crippen LogP contribution in [0.2, 0.25) is 0 Å². The molecule has 2 heterocycles. The lowest BCUT2D eigenvalue weighted by Gasteiger charge is -2.32. The van der Waals surface area contributed by atoms with E-state index in [9.17, 15) is 19.2 Å². The second kappa shape index (κ2) is 15.4. The van der Waals surface area contributed by atoms with Gasteiger partial charge >= 0.3 is 22.8 Å². The topological polar surface area (TPSA) is 126 Å². The number of likely N-dealkylation sites (N-methyl/N-ethyl adjacent to an activating group) is 2. The zero-order chi connectivity index (χ0) is 37.9. The van der Waals surface area contributed by atoms with E-state index in [-0.39, 0.29) is 35.5 Å². The van der Waals surface area contributed by atoms with E-state index in [1.807, 2.05) is 84.9 Å². The Balaban J connectivity index is 0.000000167. The molecule has 276 valence electrons. The Hall–Kier alpha value is -6.24. The van der Waals surface area contributed by atoms with Gasteiger partial charge < -0.3 is 0 Å². The van der Waals surface area contributed by atoms with Crippen molar-refractivity contribution in [3.05, 3.63) is 209 Å². The van der Waals surface area contributed by atoms with Crippen LogP contribution in [-0.4, -0.2) is 52.6 Å². The van der Waals surface area contributed by atoms with Crippen molar-refractivity contribution < 1.29 is 0 Å². The summed E-state index contributed by atoms with van der Waals surface area (Å²) in [6, 6.07) is 36.4. The Morgan fingerprint density at radius 1 is 0.481 bits per heavy atom. The molecule has 12 heteroatoms. The van der Waals surface area contributed by atoms with Gasteiger partial charge in [-0.25, -0.2) is 47.9 Å². The SMILES string of the molecule is CN(Cc1ccccc1)[C@@H]1C=C[C@H](n2[nH]c(=O)n(C)c2=O)c2ccccc21.CN(Cc1ccccc1)[C@H]1C=C[C@@H](n2[nH]c(=O)n(C)c2=O)c2ccccc21. The van der Waals surface area contributed by atoms with Crippen molar-refractivity contribution in [3.8, 4) is 0 Å². The van der Waals surface area contributed by atoms with E-state index in [1.54, 1.807) is 0 Å². The molecule has 0 spiro atoms. The zero-order valence-corrected chi connectivity index (χ0v) is 30.7. The minimum Gasteiger partial charge on any atom is -0.292 e. The normalized spacial score (nSPS) is 18.6. The lowest BCUT2D eigenvalue weighted by atomic mass is 9.89. The number of benzene rings is 4. The van der Waals surface area contributed by atoms with E-state index in [4.69, 9.17) is 0 Å². The molecule has 4 aromatic carbocycles. The summed E-state index contributed by atoms with van der Waals surface area (Å²) in [5.74, 6) is 0. The molecule has 0 aliphatic heterocycles. The molecular formula is C42H44N8O4. The van der Waals surface area contributed by atoms with Crippen molar-refractivity contribution in [1.82, 2.24) is 38.5 Å². The van der Waals surface area contributed by atoms with Crippen LogP contribution in [0.15, 0.2) is 153 Å². The van der Waals surface area contributed by atoms with Crippen molar-refractivity contribution in [2.45, 2.75) is 37.3 Å². The number of allylic oxidation sites excluding steroid dienone is 2. The fraction of sp³-hybridized carbons (Fsp3) is 0.238. The number of fused-ring (bicyclic) bond motifs is 2. The van der Waals surface area contributed by atoms with Crippen molar-refractivity contribution in [2.24, 2.45) is 14.1 Å². The highest BCUT2D eigenvalue weighted by molar-refractivity contribution is 5.42. The molecule has 0 amide bonds. The van der Waals surface area contributed by atoms with Gasteiger partial charge in [0.25, 0.3) is 0 Å². The lowest BCUT2D eigenvalue weighted by molar-refractivity contribution is 0.271. The highest BCUT2D eigenvalue weighted by atomic mass is 16.2. The Labute approximate surface area is 312 Å². The van der Waals surface area contributed by atoms with E-state index >= 15 is 0 Å². The Kier molecular flexibility index (Phi) is 10.3. The molecule has 12 nitrogen and oxygen atoms in total. The van der Waals surface area contributed by atoms with Crippen LogP contribution in [0.5, 0.6) is 0 Å². The molecule has 2 aliphatic carbocycles.